The van der Waals surface area contributed by atoms with Gasteiger partial charge in [0.25, 0.3) is 0 Å². The fourth-order valence-corrected chi connectivity index (χ4v) is 5.49. The molecule has 17 heteroatoms. The second-order valence-electron chi connectivity index (χ2n) is 10.6. The van der Waals surface area contributed by atoms with Crippen LogP contribution < -0.4 is 10.6 Å². The topological polar surface area (TPSA) is 152 Å². The summed E-state index contributed by atoms with van der Waals surface area (Å²) in [5.41, 5.74) is 0.807. The van der Waals surface area contributed by atoms with Crippen LogP contribution in [0.1, 0.15) is 38.7 Å². The smallest absolute Gasteiger partial charge is 0.475 e. The van der Waals surface area contributed by atoms with Crippen molar-refractivity contribution >= 4 is 23.9 Å². The minimum absolute atomic E-state index is 0.0139. The number of carbonyl (C=O) groups is 4. The summed E-state index contributed by atoms with van der Waals surface area (Å²) in [6.45, 7) is 8.69. The number of pyridine rings is 1. The van der Waals surface area contributed by atoms with Gasteiger partial charge in [0.15, 0.2) is 0 Å². The first-order valence-corrected chi connectivity index (χ1v) is 12.9. The Bertz CT molecular complexity index is 1090. The van der Waals surface area contributed by atoms with Gasteiger partial charge in [-0.2, -0.15) is 26.3 Å². The zero-order valence-corrected chi connectivity index (χ0v) is 22.9. The number of amides is 3. The van der Waals surface area contributed by atoms with E-state index in [1.807, 2.05) is 31.0 Å². The molecule has 3 fully saturated rings. The number of aromatic nitrogens is 1. The van der Waals surface area contributed by atoms with Gasteiger partial charge in [-0.3, -0.25) is 14.7 Å². The van der Waals surface area contributed by atoms with E-state index in [2.05, 4.69) is 26.6 Å². The van der Waals surface area contributed by atoms with E-state index in [9.17, 15) is 35.9 Å². The van der Waals surface area contributed by atoms with Gasteiger partial charge in [-0.1, -0.05) is 6.07 Å². The molecule has 236 valence electrons. The Morgan fingerprint density at radius 3 is 1.98 bits per heavy atom. The Kier molecular flexibility index (Phi) is 11.2. The van der Waals surface area contributed by atoms with E-state index in [-0.39, 0.29) is 28.8 Å². The first-order chi connectivity index (χ1) is 19.3. The minimum atomic E-state index is -5.08. The molecule has 4 heterocycles. The number of carboxylic acids is 2. The van der Waals surface area contributed by atoms with Crippen LogP contribution in [-0.2, 0) is 20.9 Å². The molecular weight excluding hydrogens is 580 g/mol. The van der Waals surface area contributed by atoms with Crippen LogP contribution in [0.2, 0.25) is 0 Å². The van der Waals surface area contributed by atoms with Gasteiger partial charge in [0, 0.05) is 63.1 Å². The highest BCUT2D eigenvalue weighted by Gasteiger charge is 2.63. The van der Waals surface area contributed by atoms with E-state index < -0.39 is 24.3 Å². The van der Waals surface area contributed by atoms with Gasteiger partial charge >= 0.3 is 30.3 Å². The molecule has 3 amide bonds. The number of nitrogens with one attached hydrogen (secondary N) is 2. The summed E-state index contributed by atoms with van der Waals surface area (Å²) >= 11 is 0. The molecule has 42 heavy (non-hydrogen) atoms. The molecule has 0 aromatic carbocycles. The largest absolute Gasteiger partial charge is 0.490 e. The number of hydrogen-bond acceptors (Lipinski definition) is 6. The molecule has 2 spiro atoms. The number of hydrogen-bond donors (Lipinski definition) is 4. The molecule has 3 saturated heterocycles. The average molecular weight is 614 g/mol. The van der Waals surface area contributed by atoms with Crippen molar-refractivity contribution in [3.8, 4) is 0 Å². The van der Waals surface area contributed by atoms with Crippen LogP contribution in [0, 0.1) is 10.8 Å². The van der Waals surface area contributed by atoms with Crippen molar-refractivity contribution in [2.45, 2.75) is 58.0 Å². The second kappa shape index (κ2) is 13.6. The third-order valence-corrected chi connectivity index (χ3v) is 7.34. The van der Waals surface area contributed by atoms with Crippen LogP contribution in [-0.4, -0.2) is 100.0 Å². The molecule has 1 aromatic heterocycles. The van der Waals surface area contributed by atoms with E-state index in [1.54, 1.807) is 6.20 Å². The van der Waals surface area contributed by atoms with Gasteiger partial charge in [-0.25, -0.2) is 14.4 Å². The first-order valence-electron chi connectivity index (χ1n) is 12.9. The highest BCUT2D eigenvalue weighted by Crippen LogP contribution is 2.56. The maximum atomic E-state index is 13.0. The summed E-state index contributed by atoms with van der Waals surface area (Å²) in [4.78, 5) is 51.8. The zero-order chi connectivity index (χ0) is 31.9. The Morgan fingerprint density at radius 1 is 1.02 bits per heavy atom. The van der Waals surface area contributed by atoms with Crippen LogP contribution in [0.5, 0.6) is 0 Å². The Labute approximate surface area is 237 Å². The minimum Gasteiger partial charge on any atom is -0.475 e. The Hall–Kier alpha value is -3.63. The number of rotatable bonds is 3. The zero-order valence-electron chi connectivity index (χ0n) is 22.9. The summed E-state index contributed by atoms with van der Waals surface area (Å²) in [7, 11) is 0. The Balaban J connectivity index is 0.000000367. The van der Waals surface area contributed by atoms with E-state index >= 15 is 0 Å². The van der Waals surface area contributed by atoms with Crippen LogP contribution in [0.4, 0.5) is 31.1 Å². The van der Waals surface area contributed by atoms with Crippen molar-refractivity contribution in [2.75, 3.05) is 32.7 Å². The predicted octanol–water partition coefficient (Wildman–Crippen LogP) is 2.87. The summed E-state index contributed by atoms with van der Waals surface area (Å²) in [6, 6.07) is 4.21. The number of halogens is 6. The maximum Gasteiger partial charge on any atom is 0.490 e. The summed E-state index contributed by atoms with van der Waals surface area (Å²) < 4.78 is 63.5. The van der Waals surface area contributed by atoms with Gasteiger partial charge in [-0.05, 0) is 44.7 Å². The molecule has 0 saturated carbocycles. The monoisotopic (exact) mass is 613 g/mol. The number of carbonyl (C=O) groups excluding carboxylic acids is 2. The van der Waals surface area contributed by atoms with Gasteiger partial charge in [0.2, 0.25) is 5.91 Å². The quantitative estimate of drug-likeness (QED) is 0.380. The van der Waals surface area contributed by atoms with E-state index in [1.165, 1.54) is 5.56 Å². The fourth-order valence-electron chi connectivity index (χ4n) is 5.49. The van der Waals surface area contributed by atoms with Gasteiger partial charge in [0.05, 0.1) is 5.41 Å². The predicted molar refractivity (Wildman–Crippen MR) is 134 cm³/mol. The molecule has 3 aliphatic heterocycles. The normalized spacial score (nSPS) is 21.7. The standard InChI is InChI=1S/C21H31N5O2.2C2HF3O2/c1-16(2)24-19(28)26-10-6-20(7-11-26)14-25(13-17-4-3-8-22-12-17)15-21(20)5-9-23-18(21)27;2*3-2(4,5)1(6)7/h3-4,8,12,16H,5-7,9-11,13-15H2,1-2H3,(H,23,27)(H,24,28);2*(H,6,7). The molecule has 11 nitrogen and oxygen atoms in total. The summed E-state index contributed by atoms with van der Waals surface area (Å²) in [5, 5.41) is 20.3. The maximum absolute atomic E-state index is 13.0. The van der Waals surface area contributed by atoms with Crippen LogP contribution >= 0.6 is 0 Å². The Morgan fingerprint density at radius 2 is 1.57 bits per heavy atom. The lowest BCUT2D eigenvalue weighted by Gasteiger charge is -2.46. The lowest BCUT2D eigenvalue weighted by atomic mass is 9.60. The van der Waals surface area contributed by atoms with Crippen LogP contribution in [0.25, 0.3) is 0 Å². The third-order valence-electron chi connectivity index (χ3n) is 7.34. The molecule has 3 aliphatic rings. The van der Waals surface area contributed by atoms with Crippen molar-refractivity contribution in [3.05, 3.63) is 30.1 Å². The van der Waals surface area contributed by atoms with Crippen molar-refractivity contribution in [1.82, 2.24) is 25.4 Å². The van der Waals surface area contributed by atoms with Gasteiger partial charge in [0.1, 0.15) is 0 Å². The van der Waals surface area contributed by atoms with E-state index in [4.69, 9.17) is 19.8 Å². The summed E-state index contributed by atoms with van der Waals surface area (Å²) in [5.74, 6) is -5.30. The molecule has 1 aromatic rings. The lowest BCUT2D eigenvalue weighted by Crippen LogP contribution is -2.55. The number of likely N-dealkylation sites (tertiary alicyclic amines) is 2. The van der Waals surface area contributed by atoms with Crippen molar-refractivity contribution in [1.29, 1.82) is 0 Å². The molecule has 1 unspecified atom stereocenters. The number of alkyl halides is 6. The molecule has 1 atom stereocenters. The SMILES string of the molecule is CC(C)NC(=O)N1CCC2(CC1)CN(Cc1cccnc1)CC21CCNC1=O.O=C(O)C(F)(F)F.O=C(O)C(F)(F)F. The summed E-state index contributed by atoms with van der Waals surface area (Å²) in [6.07, 6.45) is -3.80. The fraction of sp³-hybridized carbons (Fsp3) is 0.640. The molecule has 0 radical (unpaired) electrons. The van der Waals surface area contributed by atoms with E-state index in [0.29, 0.717) is 13.1 Å². The van der Waals surface area contributed by atoms with Crippen LogP contribution in [0.15, 0.2) is 24.5 Å². The highest BCUT2D eigenvalue weighted by molar-refractivity contribution is 5.86. The number of nitrogens with zero attached hydrogens (tertiary/aromatic N) is 3. The second-order valence-corrected chi connectivity index (χ2v) is 10.6. The molecule has 0 aliphatic carbocycles. The van der Waals surface area contributed by atoms with E-state index in [0.717, 1.165) is 45.4 Å². The molecule has 4 rings (SSSR count). The number of carboxylic acid groups (broad SMARTS) is 2. The van der Waals surface area contributed by atoms with Crippen molar-refractivity contribution in [2.24, 2.45) is 10.8 Å². The van der Waals surface area contributed by atoms with Gasteiger partial charge in [-0.15, -0.1) is 0 Å². The first kappa shape index (κ1) is 34.6. The third kappa shape index (κ3) is 8.69. The number of urea groups is 1. The molecule has 4 N–H and O–H groups in total. The molecule has 0 bridgehead atoms. The average Bonchev–Trinajstić information content (AvgIpc) is 3.39. The van der Waals surface area contributed by atoms with Crippen LogP contribution in [0.3, 0.4) is 0 Å². The van der Waals surface area contributed by atoms with Crippen molar-refractivity contribution < 1.29 is 55.7 Å². The van der Waals surface area contributed by atoms with Crippen molar-refractivity contribution in [3.63, 3.8) is 0 Å². The molecular formula is C25H33F6N5O6. The lowest BCUT2D eigenvalue weighted by molar-refractivity contribution is -0.193. The highest BCUT2D eigenvalue weighted by atomic mass is 19.4. The number of piperidine rings is 1. The van der Waals surface area contributed by atoms with Gasteiger partial charge < -0.3 is 25.7 Å². The number of aliphatic carboxylic acids is 2. The number of fused-ring (bicyclic) bond motifs is 1.